The van der Waals surface area contributed by atoms with E-state index >= 15 is 0 Å². The quantitative estimate of drug-likeness (QED) is 0.282. The first-order valence-corrected chi connectivity index (χ1v) is 15.7. The Morgan fingerprint density at radius 2 is 1.51 bits per heavy atom. The van der Waals surface area contributed by atoms with Gasteiger partial charge in [-0.15, -0.1) is 12.0 Å². The van der Waals surface area contributed by atoms with E-state index < -0.39 is 0 Å². The number of benzene rings is 3. The summed E-state index contributed by atoms with van der Waals surface area (Å²) in [5, 5.41) is 0. The third-order valence-corrected chi connectivity index (χ3v) is 8.25. The van der Waals surface area contributed by atoms with Gasteiger partial charge < -0.3 is 24.8 Å². The molecule has 0 aliphatic heterocycles. The first-order valence-electron chi connectivity index (χ1n) is 14.5. The molecule has 0 saturated heterocycles. The fraction of sp³-hybridized carbons (Fsp3) is 0.395. The summed E-state index contributed by atoms with van der Waals surface area (Å²) in [5.41, 5.74) is 10.2. The van der Waals surface area contributed by atoms with Crippen LogP contribution in [0.3, 0.4) is 0 Å². The second-order valence-electron chi connectivity index (χ2n) is 12.7. The molecule has 0 unspecified atom stereocenters. The Balaban J connectivity index is 0.000000359. The Morgan fingerprint density at radius 1 is 0.854 bits per heavy atom. The molecule has 2 aliphatic carbocycles. The molecule has 41 heavy (non-hydrogen) atoms. The third-order valence-electron chi connectivity index (χ3n) is 7.20. The summed E-state index contributed by atoms with van der Waals surface area (Å²) in [6.07, 6.45) is 16.2. The molecule has 0 N–H and O–H groups in total. The topological polar surface area (TPSA) is 0 Å². The molecular weight excluding hydrogens is 619 g/mol. The van der Waals surface area contributed by atoms with E-state index in [1.54, 1.807) is 27.4 Å². The van der Waals surface area contributed by atoms with Crippen LogP contribution in [0.25, 0.3) is 11.1 Å². The number of allylic oxidation sites excluding steroid dienone is 4. The van der Waals surface area contributed by atoms with Crippen LogP contribution in [0, 0.1) is 12.1 Å². The summed E-state index contributed by atoms with van der Waals surface area (Å²) < 4.78 is 1.69. The Morgan fingerprint density at radius 3 is 2.05 bits per heavy atom. The predicted molar refractivity (Wildman–Crippen MR) is 167 cm³/mol. The van der Waals surface area contributed by atoms with E-state index in [0.717, 1.165) is 12.8 Å². The van der Waals surface area contributed by atoms with Crippen LogP contribution in [-0.4, -0.2) is 3.21 Å². The van der Waals surface area contributed by atoms with Gasteiger partial charge in [-0.2, -0.15) is 35.4 Å². The maximum absolute atomic E-state index is 3.53. The first-order chi connectivity index (χ1) is 18.5. The summed E-state index contributed by atoms with van der Waals surface area (Å²) in [6, 6.07) is 25.8. The van der Waals surface area contributed by atoms with Gasteiger partial charge in [-0.1, -0.05) is 76.3 Å². The van der Waals surface area contributed by atoms with Crippen molar-refractivity contribution >= 4 is 3.21 Å². The molecule has 3 heteroatoms. The van der Waals surface area contributed by atoms with E-state index in [0.29, 0.717) is 0 Å². The van der Waals surface area contributed by atoms with Gasteiger partial charge in [0.1, 0.15) is 0 Å². The fourth-order valence-corrected chi connectivity index (χ4v) is 5.58. The van der Waals surface area contributed by atoms with E-state index in [1.165, 1.54) is 64.6 Å². The van der Waals surface area contributed by atoms with Crippen molar-refractivity contribution in [3.05, 3.63) is 119 Å². The number of unbranched alkanes of at least 4 members (excludes halogenated alkanes) is 1. The van der Waals surface area contributed by atoms with Crippen molar-refractivity contribution in [1.29, 1.82) is 0 Å². The molecule has 2 aliphatic rings. The zero-order chi connectivity index (χ0) is 28.5. The summed E-state index contributed by atoms with van der Waals surface area (Å²) in [4.78, 5) is 0. The van der Waals surface area contributed by atoms with Crippen molar-refractivity contribution in [1.82, 2.24) is 0 Å². The van der Waals surface area contributed by atoms with E-state index in [1.807, 2.05) is 12.2 Å². The van der Waals surface area contributed by atoms with Gasteiger partial charge in [0.25, 0.3) is 0 Å². The molecule has 3 aromatic carbocycles. The molecule has 0 amide bonds. The Kier molecular flexibility index (Phi) is 16.1. The molecule has 0 aromatic heterocycles. The van der Waals surface area contributed by atoms with Crippen LogP contribution in [-0.2, 0) is 47.9 Å². The number of halogens is 2. The van der Waals surface area contributed by atoms with Gasteiger partial charge >= 0.3 is 95.9 Å². The maximum atomic E-state index is 3.53. The van der Waals surface area contributed by atoms with Gasteiger partial charge in [0, 0.05) is 0 Å². The largest absolute Gasteiger partial charge is 1.00 e. The van der Waals surface area contributed by atoms with Crippen LogP contribution in [0.4, 0.5) is 0 Å². The molecule has 0 fully saturated rings. The fourth-order valence-electron chi connectivity index (χ4n) is 4.65. The van der Waals surface area contributed by atoms with Gasteiger partial charge in [-0.3, -0.25) is 6.08 Å². The Hall–Kier alpha value is -1.53. The molecule has 0 saturated carbocycles. The molecule has 5 rings (SSSR count). The zero-order valence-corrected chi connectivity index (χ0v) is 30.0. The maximum Gasteiger partial charge on any atom is -0.109 e. The SMILES string of the molecule is CC(C)(C)c1c[c-]c2c(c1)-c1cc(C(C)(C)C)ccc1C2.CCCC[C](=[Zr+2])Cc1ccccc1.[C-]1=CC=CC1.[Cl-].[Cl-]. The van der Waals surface area contributed by atoms with Gasteiger partial charge in [0.15, 0.2) is 0 Å². The smallest absolute Gasteiger partial charge is 0.109 e. The molecule has 0 spiro atoms. The van der Waals surface area contributed by atoms with Crippen molar-refractivity contribution in [3.63, 3.8) is 0 Å². The zero-order valence-electron chi connectivity index (χ0n) is 26.0. The van der Waals surface area contributed by atoms with E-state index in [2.05, 4.69) is 127 Å². The molecule has 0 nitrogen and oxygen atoms in total. The molecular formula is C38H46Cl2Zr-2. The molecule has 218 valence electrons. The van der Waals surface area contributed by atoms with Gasteiger partial charge in [0.2, 0.25) is 0 Å². The summed E-state index contributed by atoms with van der Waals surface area (Å²) in [5.74, 6) is 0. The Bertz CT molecular complexity index is 1220. The van der Waals surface area contributed by atoms with Gasteiger partial charge in [-0.05, 0) is 17.4 Å². The summed E-state index contributed by atoms with van der Waals surface area (Å²) >= 11 is 1.61. The molecule has 0 atom stereocenters. The van der Waals surface area contributed by atoms with Crippen LogP contribution in [0.2, 0.25) is 0 Å². The van der Waals surface area contributed by atoms with Crippen LogP contribution in [0.5, 0.6) is 0 Å². The monoisotopic (exact) mass is 662 g/mol. The van der Waals surface area contributed by atoms with Crippen LogP contribution < -0.4 is 24.8 Å². The second-order valence-corrected chi connectivity index (χ2v) is 14.4. The average molecular weight is 665 g/mol. The summed E-state index contributed by atoms with van der Waals surface area (Å²) in [7, 11) is 0. The number of fused-ring (bicyclic) bond motifs is 3. The van der Waals surface area contributed by atoms with Gasteiger partial charge in [0.05, 0.1) is 0 Å². The number of hydrogen-bond acceptors (Lipinski definition) is 0. The van der Waals surface area contributed by atoms with Crippen molar-refractivity contribution in [2.24, 2.45) is 0 Å². The Labute approximate surface area is 278 Å². The van der Waals surface area contributed by atoms with E-state index in [9.17, 15) is 0 Å². The molecule has 0 radical (unpaired) electrons. The van der Waals surface area contributed by atoms with E-state index in [4.69, 9.17) is 0 Å². The van der Waals surface area contributed by atoms with Crippen molar-refractivity contribution in [2.45, 2.75) is 97.8 Å². The second kappa shape index (κ2) is 17.6. The summed E-state index contributed by atoms with van der Waals surface area (Å²) in [6.45, 7) is 15.9. The predicted octanol–water partition coefficient (Wildman–Crippen LogP) is 4.11. The van der Waals surface area contributed by atoms with Crippen molar-refractivity contribution < 1.29 is 49.0 Å². The number of hydrogen-bond donors (Lipinski definition) is 0. The van der Waals surface area contributed by atoms with E-state index in [-0.39, 0.29) is 35.6 Å². The normalized spacial score (nSPS) is 12.5. The first kappa shape index (κ1) is 37.5. The van der Waals surface area contributed by atoms with Crippen LogP contribution in [0.1, 0.15) is 102 Å². The van der Waals surface area contributed by atoms with Crippen molar-refractivity contribution in [3.8, 4) is 11.1 Å². The van der Waals surface area contributed by atoms with Crippen molar-refractivity contribution in [2.75, 3.05) is 0 Å². The molecule has 3 aromatic rings. The standard InChI is InChI=1S/C21H25.C12H16.C5H5.2ClH.Zr/c1-20(2,3)16-9-7-14-11-15-8-10-17(21(4,5)6)13-19(15)18(14)12-16;1-2-3-4-6-9-12-10-7-5-8-11-12;1-2-4-5-3-1;;;/h7,9-10,12-13H,11H2,1-6H3;5,7-8,10-11H,2-4,9H2,1H3;1-3H,4H2;2*1H;/q-1;;-1;;;+2/p-2. The molecule has 0 heterocycles. The average Bonchev–Trinajstić information content (AvgIpc) is 3.58. The minimum atomic E-state index is 0. The van der Waals surface area contributed by atoms with Crippen LogP contribution >= 0.6 is 0 Å². The van der Waals surface area contributed by atoms with Crippen LogP contribution in [0.15, 0.2) is 78.9 Å². The minimum absolute atomic E-state index is 0. The number of rotatable bonds is 5. The molecule has 0 bridgehead atoms. The van der Waals surface area contributed by atoms with Gasteiger partial charge in [-0.25, -0.2) is 12.2 Å². The minimum Gasteiger partial charge on any atom is -1.00 e. The third kappa shape index (κ3) is 11.9.